The minimum absolute atomic E-state index is 0.00115. The van der Waals surface area contributed by atoms with Gasteiger partial charge in [0.1, 0.15) is 0 Å². The average Bonchev–Trinajstić information content (AvgIpc) is 2.59. The number of carbonyl (C=O) groups excluding carboxylic acids is 1. The van der Waals surface area contributed by atoms with Crippen LogP contribution in [0.2, 0.25) is 0 Å². The Hall–Kier alpha value is -2.33. The Labute approximate surface area is 144 Å². The van der Waals surface area contributed by atoms with E-state index in [-0.39, 0.29) is 29.7 Å². The molecule has 1 atom stereocenters. The Kier molecular flexibility index (Phi) is 6.38. The van der Waals surface area contributed by atoms with Crippen LogP contribution in [0.4, 0.5) is 0 Å². The number of nitriles is 1. The van der Waals surface area contributed by atoms with Crippen molar-refractivity contribution in [3.05, 3.63) is 34.6 Å². The molecule has 1 N–H and O–H groups in total. The standard InChI is InChI=1S/C17H20N4O2S/c1-3-12(2)21-16(23)13-7-4-5-8-14(13)20-17(21)24-11-15(22)19-10-6-9-18/h4-5,7-8,12H,3,6,10-11H2,1-2H3,(H,19,22)/t12-/m0/s1. The molecule has 1 aromatic heterocycles. The smallest absolute Gasteiger partial charge is 0.262 e. The maximum atomic E-state index is 12.8. The van der Waals surface area contributed by atoms with Crippen molar-refractivity contribution < 1.29 is 4.79 Å². The molecular weight excluding hydrogens is 324 g/mol. The fourth-order valence-corrected chi connectivity index (χ4v) is 3.16. The summed E-state index contributed by atoms with van der Waals surface area (Å²) < 4.78 is 1.66. The number of nitrogens with zero attached hydrogens (tertiary/aromatic N) is 3. The molecule has 1 aromatic carbocycles. The second-order valence-electron chi connectivity index (χ2n) is 5.39. The van der Waals surface area contributed by atoms with Crippen molar-refractivity contribution in [1.82, 2.24) is 14.9 Å². The monoisotopic (exact) mass is 344 g/mol. The van der Waals surface area contributed by atoms with Crippen LogP contribution in [0, 0.1) is 11.3 Å². The molecule has 126 valence electrons. The maximum Gasteiger partial charge on any atom is 0.262 e. The van der Waals surface area contributed by atoms with Crippen LogP contribution in [0.1, 0.15) is 32.7 Å². The van der Waals surface area contributed by atoms with Gasteiger partial charge in [0.15, 0.2) is 5.16 Å². The lowest BCUT2D eigenvalue weighted by atomic mass is 10.2. The molecule has 0 aliphatic carbocycles. The Morgan fingerprint density at radius 1 is 1.46 bits per heavy atom. The summed E-state index contributed by atoms with van der Waals surface area (Å²) in [5.41, 5.74) is 0.553. The summed E-state index contributed by atoms with van der Waals surface area (Å²) in [7, 11) is 0. The van der Waals surface area contributed by atoms with Crippen molar-refractivity contribution in [1.29, 1.82) is 5.26 Å². The van der Waals surface area contributed by atoms with Crippen LogP contribution in [-0.4, -0.2) is 27.8 Å². The van der Waals surface area contributed by atoms with E-state index in [1.807, 2.05) is 32.0 Å². The average molecular weight is 344 g/mol. The number of para-hydroxylation sites is 1. The number of hydrogen-bond donors (Lipinski definition) is 1. The second-order valence-corrected chi connectivity index (χ2v) is 6.33. The summed E-state index contributed by atoms with van der Waals surface area (Å²) in [4.78, 5) is 29.2. The van der Waals surface area contributed by atoms with E-state index in [9.17, 15) is 9.59 Å². The van der Waals surface area contributed by atoms with Crippen LogP contribution in [0.5, 0.6) is 0 Å². The van der Waals surface area contributed by atoms with Crippen LogP contribution in [0.3, 0.4) is 0 Å². The molecule has 7 heteroatoms. The lowest BCUT2D eigenvalue weighted by Crippen LogP contribution is -2.28. The summed E-state index contributed by atoms with van der Waals surface area (Å²) >= 11 is 1.24. The van der Waals surface area contributed by atoms with Gasteiger partial charge >= 0.3 is 0 Å². The van der Waals surface area contributed by atoms with Crippen molar-refractivity contribution in [3.63, 3.8) is 0 Å². The first kappa shape index (κ1) is 18.0. The topological polar surface area (TPSA) is 87.8 Å². The number of nitrogens with one attached hydrogen (secondary N) is 1. The Bertz CT molecular complexity index is 825. The van der Waals surface area contributed by atoms with Gasteiger partial charge in [0.05, 0.1) is 29.1 Å². The number of amides is 1. The van der Waals surface area contributed by atoms with Crippen molar-refractivity contribution in [2.24, 2.45) is 0 Å². The predicted octanol–water partition coefficient (Wildman–Crippen LogP) is 2.49. The van der Waals surface area contributed by atoms with Crippen molar-refractivity contribution >= 4 is 28.6 Å². The molecule has 0 aliphatic heterocycles. The normalized spacial score (nSPS) is 11.9. The van der Waals surface area contributed by atoms with Gasteiger partial charge in [-0.05, 0) is 25.5 Å². The SMILES string of the molecule is CC[C@H](C)n1c(SCC(=O)NCCC#N)nc2ccccc2c1=O. The summed E-state index contributed by atoms with van der Waals surface area (Å²) in [6.07, 6.45) is 1.07. The van der Waals surface area contributed by atoms with Gasteiger partial charge in [0.2, 0.25) is 5.91 Å². The highest BCUT2D eigenvalue weighted by Gasteiger charge is 2.16. The van der Waals surface area contributed by atoms with E-state index in [0.29, 0.717) is 22.6 Å². The third-order valence-corrected chi connectivity index (χ3v) is 4.65. The molecule has 1 heterocycles. The predicted molar refractivity (Wildman–Crippen MR) is 95.0 cm³/mol. The van der Waals surface area contributed by atoms with Crippen molar-refractivity contribution in [3.8, 4) is 6.07 Å². The van der Waals surface area contributed by atoms with Gasteiger partial charge in [-0.1, -0.05) is 30.8 Å². The van der Waals surface area contributed by atoms with Crippen LogP contribution < -0.4 is 10.9 Å². The molecule has 2 rings (SSSR count). The van der Waals surface area contributed by atoms with Crippen LogP contribution in [0.15, 0.2) is 34.2 Å². The molecule has 0 fully saturated rings. The molecule has 0 saturated heterocycles. The summed E-state index contributed by atoms with van der Waals surface area (Å²) in [5, 5.41) is 12.3. The zero-order chi connectivity index (χ0) is 17.5. The molecule has 0 saturated carbocycles. The van der Waals surface area contributed by atoms with E-state index in [2.05, 4.69) is 10.3 Å². The first-order valence-electron chi connectivity index (χ1n) is 7.86. The van der Waals surface area contributed by atoms with E-state index in [0.717, 1.165) is 6.42 Å². The third-order valence-electron chi connectivity index (χ3n) is 3.70. The largest absolute Gasteiger partial charge is 0.354 e. The van der Waals surface area contributed by atoms with Crippen LogP contribution in [-0.2, 0) is 4.79 Å². The number of hydrogen-bond acceptors (Lipinski definition) is 5. The van der Waals surface area contributed by atoms with Gasteiger partial charge in [-0.2, -0.15) is 5.26 Å². The van der Waals surface area contributed by atoms with Crippen LogP contribution >= 0.6 is 11.8 Å². The molecule has 1 amide bonds. The number of carbonyl (C=O) groups is 1. The molecule has 2 aromatic rings. The molecule has 0 unspecified atom stereocenters. The highest BCUT2D eigenvalue weighted by molar-refractivity contribution is 7.99. The van der Waals surface area contributed by atoms with Gasteiger partial charge in [-0.3, -0.25) is 14.2 Å². The van der Waals surface area contributed by atoms with E-state index in [1.165, 1.54) is 11.8 Å². The molecule has 6 nitrogen and oxygen atoms in total. The molecule has 0 radical (unpaired) electrons. The molecule has 24 heavy (non-hydrogen) atoms. The van der Waals surface area contributed by atoms with E-state index < -0.39 is 0 Å². The second kappa shape index (κ2) is 8.50. The lowest BCUT2D eigenvalue weighted by molar-refractivity contribution is -0.118. The summed E-state index contributed by atoms with van der Waals surface area (Å²) in [6.45, 7) is 4.31. The van der Waals surface area contributed by atoms with Gasteiger partial charge in [0, 0.05) is 12.6 Å². The number of fused-ring (bicyclic) bond motifs is 1. The van der Waals surface area contributed by atoms with Crippen molar-refractivity contribution in [2.75, 3.05) is 12.3 Å². The van der Waals surface area contributed by atoms with Gasteiger partial charge in [-0.25, -0.2) is 4.98 Å². The Balaban J connectivity index is 2.29. The number of rotatable bonds is 7. The third kappa shape index (κ3) is 4.15. The molecular formula is C17H20N4O2S. The molecule has 0 spiro atoms. The van der Waals surface area contributed by atoms with Gasteiger partial charge in [-0.15, -0.1) is 0 Å². The minimum atomic E-state index is -0.173. The zero-order valence-corrected chi connectivity index (χ0v) is 14.6. The fourth-order valence-electron chi connectivity index (χ4n) is 2.24. The molecule has 0 bridgehead atoms. The first-order valence-corrected chi connectivity index (χ1v) is 8.84. The number of aromatic nitrogens is 2. The van der Waals surface area contributed by atoms with E-state index in [4.69, 9.17) is 5.26 Å². The number of thioether (sulfide) groups is 1. The Morgan fingerprint density at radius 2 is 2.21 bits per heavy atom. The number of benzene rings is 1. The van der Waals surface area contributed by atoms with Crippen LogP contribution in [0.25, 0.3) is 10.9 Å². The quantitative estimate of drug-likeness (QED) is 0.474. The zero-order valence-electron chi connectivity index (χ0n) is 13.8. The Morgan fingerprint density at radius 3 is 2.92 bits per heavy atom. The molecule has 0 aliphatic rings. The van der Waals surface area contributed by atoms with E-state index in [1.54, 1.807) is 16.7 Å². The highest BCUT2D eigenvalue weighted by atomic mass is 32.2. The lowest BCUT2D eigenvalue weighted by Gasteiger charge is -2.18. The minimum Gasteiger partial charge on any atom is -0.354 e. The summed E-state index contributed by atoms with van der Waals surface area (Å²) in [5.74, 6) is -0.0134. The first-order chi connectivity index (χ1) is 11.6. The van der Waals surface area contributed by atoms with Gasteiger partial charge in [0.25, 0.3) is 5.56 Å². The summed E-state index contributed by atoms with van der Waals surface area (Å²) in [6, 6.07) is 9.21. The fraction of sp³-hybridized carbons (Fsp3) is 0.412. The van der Waals surface area contributed by atoms with Crippen molar-refractivity contribution in [2.45, 2.75) is 37.9 Å². The highest BCUT2D eigenvalue weighted by Crippen LogP contribution is 2.22. The maximum absolute atomic E-state index is 12.8. The van der Waals surface area contributed by atoms with Gasteiger partial charge < -0.3 is 5.32 Å². The van der Waals surface area contributed by atoms with E-state index >= 15 is 0 Å².